The van der Waals surface area contributed by atoms with Crippen molar-refractivity contribution >= 4 is 32.5 Å². The van der Waals surface area contributed by atoms with Crippen molar-refractivity contribution in [3.63, 3.8) is 0 Å². The number of aromatic hydroxyl groups is 1. The second kappa shape index (κ2) is 7.98. The number of phenols is 1. The summed E-state index contributed by atoms with van der Waals surface area (Å²) in [4.78, 5) is 11.3. The van der Waals surface area contributed by atoms with Crippen molar-refractivity contribution in [2.75, 3.05) is 4.72 Å². The monoisotopic (exact) mass is 455 g/mol. The third kappa shape index (κ3) is 4.01. The van der Waals surface area contributed by atoms with Gasteiger partial charge in [0.25, 0.3) is 15.9 Å². The molecule has 1 heterocycles. The fourth-order valence-electron chi connectivity index (χ4n) is 3.48. The Balaban J connectivity index is 1.71. The second-order valence-corrected chi connectivity index (χ2v) is 8.84. The number of fused-ring (bicyclic) bond motifs is 1. The van der Waals surface area contributed by atoms with E-state index in [0.29, 0.717) is 16.5 Å². The summed E-state index contributed by atoms with van der Waals surface area (Å²) in [6.07, 6.45) is 1.77. The number of benzene rings is 3. The van der Waals surface area contributed by atoms with Crippen LogP contribution in [0.5, 0.6) is 5.75 Å². The predicted octanol–water partition coefficient (Wildman–Crippen LogP) is 3.61. The highest BCUT2D eigenvalue weighted by Crippen LogP contribution is 2.34. The summed E-state index contributed by atoms with van der Waals surface area (Å²) in [5, 5.41) is 19.1. The number of carbonyl (C=O) groups is 1. The van der Waals surface area contributed by atoms with Crippen LogP contribution in [-0.4, -0.2) is 29.2 Å². The van der Waals surface area contributed by atoms with Crippen LogP contribution in [-0.2, 0) is 17.1 Å². The van der Waals surface area contributed by atoms with E-state index < -0.39 is 21.7 Å². The van der Waals surface area contributed by atoms with E-state index in [1.165, 1.54) is 41.9 Å². The van der Waals surface area contributed by atoms with Crippen molar-refractivity contribution in [3.8, 4) is 16.9 Å². The van der Waals surface area contributed by atoms with Gasteiger partial charge in [0.05, 0.1) is 4.90 Å². The van der Waals surface area contributed by atoms with Crippen LogP contribution in [0.3, 0.4) is 0 Å². The fourth-order valence-corrected chi connectivity index (χ4v) is 4.53. The van der Waals surface area contributed by atoms with Crippen molar-refractivity contribution in [2.45, 2.75) is 4.90 Å². The molecule has 0 saturated heterocycles. The first-order valence-corrected chi connectivity index (χ1v) is 10.8. The van der Waals surface area contributed by atoms with Crippen LogP contribution in [0.4, 0.5) is 10.1 Å². The summed E-state index contributed by atoms with van der Waals surface area (Å²) >= 11 is 0. The number of hydroxylamine groups is 1. The van der Waals surface area contributed by atoms with E-state index in [9.17, 15) is 22.7 Å². The third-order valence-electron chi connectivity index (χ3n) is 4.96. The summed E-state index contributed by atoms with van der Waals surface area (Å²) in [5.41, 5.74) is 3.71. The van der Waals surface area contributed by atoms with Crippen molar-refractivity contribution < 1.29 is 27.9 Å². The number of rotatable bonds is 5. The van der Waals surface area contributed by atoms with Gasteiger partial charge in [-0.3, -0.25) is 14.7 Å². The molecule has 1 amide bonds. The molecule has 4 rings (SSSR count). The molecule has 0 fully saturated rings. The summed E-state index contributed by atoms with van der Waals surface area (Å²) in [6, 6.07) is 13.7. The van der Waals surface area contributed by atoms with Gasteiger partial charge in [-0.05, 0) is 60.2 Å². The smallest absolute Gasteiger partial charge is 0.274 e. The largest absolute Gasteiger partial charge is 0.508 e. The maximum Gasteiger partial charge on any atom is 0.274 e. The Labute approximate surface area is 182 Å². The van der Waals surface area contributed by atoms with Crippen LogP contribution in [0, 0.1) is 5.82 Å². The maximum absolute atomic E-state index is 13.8. The molecule has 32 heavy (non-hydrogen) atoms. The van der Waals surface area contributed by atoms with Crippen LogP contribution in [0.1, 0.15) is 10.4 Å². The predicted molar refractivity (Wildman–Crippen MR) is 116 cm³/mol. The number of carbonyl (C=O) groups excluding carboxylic acids is 1. The number of nitrogens with one attached hydrogen (secondary N) is 2. The van der Waals surface area contributed by atoms with Crippen molar-refractivity contribution in [1.29, 1.82) is 0 Å². The van der Waals surface area contributed by atoms with Gasteiger partial charge in [0.15, 0.2) is 0 Å². The molecule has 0 unspecified atom stereocenters. The van der Waals surface area contributed by atoms with Gasteiger partial charge in [0, 0.05) is 47.0 Å². The molecule has 10 heteroatoms. The highest BCUT2D eigenvalue weighted by molar-refractivity contribution is 7.92. The average molecular weight is 455 g/mol. The molecule has 0 aliphatic carbocycles. The van der Waals surface area contributed by atoms with Crippen molar-refractivity contribution in [2.24, 2.45) is 7.05 Å². The normalized spacial score (nSPS) is 11.5. The number of phenolic OH excluding ortho intramolecular Hbond substituents is 1. The first-order valence-electron chi connectivity index (χ1n) is 9.34. The fraction of sp³-hybridized carbons (Fsp3) is 0.0455. The lowest BCUT2D eigenvalue weighted by Gasteiger charge is -2.10. The van der Waals surface area contributed by atoms with Gasteiger partial charge >= 0.3 is 0 Å². The van der Waals surface area contributed by atoms with Crippen LogP contribution < -0.4 is 10.2 Å². The summed E-state index contributed by atoms with van der Waals surface area (Å²) in [7, 11) is -2.16. The Morgan fingerprint density at radius 3 is 2.41 bits per heavy atom. The minimum absolute atomic E-state index is 0.0737. The molecule has 4 aromatic rings. The zero-order valence-corrected chi connectivity index (χ0v) is 17.5. The molecular formula is C22H18FN3O5S. The molecule has 0 spiro atoms. The molecule has 8 nitrogen and oxygen atoms in total. The second-order valence-electron chi connectivity index (χ2n) is 7.15. The van der Waals surface area contributed by atoms with Crippen LogP contribution in [0.2, 0.25) is 0 Å². The number of aryl methyl sites for hydroxylation is 1. The SMILES string of the molecule is Cn1cc(-c2cc(O)cc(F)c2)c2cc(NS(=O)(=O)c3ccc(C(=O)NO)cc3)ccc21. The van der Waals surface area contributed by atoms with Gasteiger partial charge in [-0.1, -0.05) is 0 Å². The van der Waals surface area contributed by atoms with Gasteiger partial charge in [-0.2, -0.15) is 0 Å². The Hall–Kier alpha value is -3.89. The number of hydrogen-bond acceptors (Lipinski definition) is 5. The van der Waals surface area contributed by atoms with E-state index in [2.05, 4.69) is 4.72 Å². The lowest BCUT2D eigenvalue weighted by molar-refractivity contribution is 0.0706. The molecule has 0 bridgehead atoms. The number of amides is 1. The number of nitrogens with zero attached hydrogens (tertiary/aromatic N) is 1. The Kier molecular flexibility index (Phi) is 5.33. The highest BCUT2D eigenvalue weighted by Gasteiger charge is 2.17. The van der Waals surface area contributed by atoms with E-state index in [4.69, 9.17) is 5.21 Å². The maximum atomic E-state index is 13.8. The molecular weight excluding hydrogens is 437 g/mol. The third-order valence-corrected chi connectivity index (χ3v) is 6.36. The lowest BCUT2D eigenvalue weighted by atomic mass is 10.0. The summed E-state index contributed by atoms with van der Waals surface area (Å²) < 4.78 is 43.7. The number of anilines is 1. The Bertz CT molecular complexity index is 1430. The zero-order valence-electron chi connectivity index (χ0n) is 16.7. The number of sulfonamides is 1. The van der Waals surface area contributed by atoms with Crippen LogP contribution in [0.15, 0.2) is 71.8 Å². The highest BCUT2D eigenvalue weighted by atomic mass is 32.2. The van der Waals surface area contributed by atoms with Crippen molar-refractivity contribution in [1.82, 2.24) is 10.0 Å². The molecule has 0 atom stereocenters. The minimum atomic E-state index is -3.97. The number of halogens is 1. The molecule has 4 N–H and O–H groups in total. The topological polar surface area (TPSA) is 121 Å². The molecule has 0 radical (unpaired) electrons. The number of hydrogen-bond donors (Lipinski definition) is 4. The average Bonchev–Trinajstić information content (AvgIpc) is 3.08. The van der Waals surface area contributed by atoms with E-state index in [1.807, 2.05) is 4.57 Å². The Morgan fingerprint density at radius 1 is 1.03 bits per heavy atom. The number of aromatic nitrogens is 1. The molecule has 0 saturated carbocycles. The van der Waals surface area contributed by atoms with E-state index in [-0.39, 0.29) is 21.9 Å². The molecule has 0 aliphatic heterocycles. The summed E-state index contributed by atoms with van der Waals surface area (Å²) in [6.45, 7) is 0. The van der Waals surface area contributed by atoms with Gasteiger partial charge in [0.2, 0.25) is 0 Å². The van der Waals surface area contributed by atoms with Crippen molar-refractivity contribution in [3.05, 3.63) is 78.2 Å². The van der Waals surface area contributed by atoms with Gasteiger partial charge in [-0.25, -0.2) is 18.3 Å². The van der Waals surface area contributed by atoms with Gasteiger partial charge < -0.3 is 9.67 Å². The molecule has 3 aromatic carbocycles. The first-order chi connectivity index (χ1) is 15.2. The van der Waals surface area contributed by atoms with E-state index in [1.54, 1.807) is 31.4 Å². The summed E-state index contributed by atoms with van der Waals surface area (Å²) in [5.74, 6) is -1.56. The molecule has 164 valence electrons. The quantitative estimate of drug-likeness (QED) is 0.271. The first kappa shape index (κ1) is 21.3. The Morgan fingerprint density at radius 2 is 1.75 bits per heavy atom. The minimum Gasteiger partial charge on any atom is -0.508 e. The standard InChI is InChI=1S/C22H18FN3O5S/c1-26-12-20(14-8-15(23)10-17(27)9-14)19-11-16(4-7-21(19)26)25-32(30,31)18-5-2-13(3-6-18)22(28)24-29/h2-12,25,27,29H,1H3,(H,24,28). The lowest BCUT2D eigenvalue weighted by Crippen LogP contribution is -2.19. The molecule has 0 aliphatic rings. The van der Waals surface area contributed by atoms with Gasteiger partial charge in [-0.15, -0.1) is 0 Å². The van der Waals surface area contributed by atoms with E-state index in [0.717, 1.165) is 11.6 Å². The van der Waals surface area contributed by atoms with Crippen LogP contribution in [0.25, 0.3) is 22.0 Å². The van der Waals surface area contributed by atoms with Gasteiger partial charge in [0.1, 0.15) is 11.6 Å². The van der Waals surface area contributed by atoms with Crippen LogP contribution >= 0.6 is 0 Å². The molecule has 1 aromatic heterocycles. The zero-order chi connectivity index (χ0) is 23.0. The van der Waals surface area contributed by atoms with E-state index >= 15 is 0 Å².